The number of rotatable bonds is 5. The van der Waals surface area contributed by atoms with Crippen LogP contribution in [0.1, 0.15) is 51.9 Å². The minimum absolute atomic E-state index is 0.357. The molecule has 1 amide bonds. The molecule has 0 saturated carbocycles. The van der Waals surface area contributed by atoms with Crippen LogP contribution in [0.3, 0.4) is 0 Å². The van der Waals surface area contributed by atoms with Gasteiger partial charge in [0, 0.05) is 24.3 Å². The third kappa shape index (κ3) is 5.01. The largest absolute Gasteiger partial charge is 0.342 e. The molecule has 88 valence electrons. The van der Waals surface area contributed by atoms with Gasteiger partial charge < -0.3 is 4.90 Å². The first-order valence-corrected chi connectivity index (χ1v) is 7.07. The van der Waals surface area contributed by atoms with Crippen molar-refractivity contribution >= 4 is 21.8 Å². The van der Waals surface area contributed by atoms with E-state index in [9.17, 15) is 4.79 Å². The summed E-state index contributed by atoms with van der Waals surface area (Å²) in [5.74, 6) is 0.357. The lowest BCUT2D eigenvalue weighted by molar-refractivity contribution is -0.132. The van der Waals surface area contributed by atoms with Crippen molar-refractivity contribution in [1.29, 1.82) is 0 Å². The van der Waals surface area contributed by atoms with Crippen molar-refractivity contribution in [3.8, 4) is 0 Å². The van der Waals surface area contributed by atoms with Gasteiger partial charge in [0.25, 0.3) is 0 Å². The van der Waals surface area contributed by atoms with Gasteiger partial charge in [0.15, 0.2) is 0 Å². The predicted molar refractivity (Wildman–Crippen MR) is 67.3 cm³/mol. The van der Waals surface area contributed by atoms with Crippen LogP contribution in [-0.4, -0.2) is 28.7 Å². The average molecular weight is 276 g/mol. The van der Waals surface area contributed by atoms with E-state index < -0.39 is 0 Å². The van der Waals surface area contributed by atoms with Crippen LogP contribution < -0.4 is 0 Å². The van der Waals surface area contributed by atoms with E-state index in [1.807, 2.05) is 4.90 Å². The number of carbonyl (C=O) groups is 1. The Bertz CT molecular complexity index is 196. The number of likely N-dealkylation sites (tertiary alicyclic amines) is 1. The molecular weight excluding hydrogens is 254 g/mol. The van der Waals surface area contributed by atoms with Crippen LogP contribution in [0.15, 0.2) is 0 Å². The van der Waals surface area contributed by atoms with Gasteiger partial charge in [-0.15, -0.1) is 0 Å². The Morgan fingerprint density at radius 3 is 2.87 bits per heavy atom. The first-order chi connectivity index (χ1) is 7.24. The molecule has 0 bridgehead atoms. The molecule has 0 aliphatic carbocycles. The number of nitrogens with zero attached hydrogens (tertiary/aromatic N) is 1. The molecule has 1 fully saturated rings. The number of carbonyl (C=O) groups excluding carboxylic acids is 1. The second kappa shape index (κ2) is 7.26. The summed E-state index contributed by atoms with van der Waals surface area (Å²) in [6.45, 7) is 4.07. The molecule has 0 radical (unpaired) electrons. The summed E-state index contributed by atoms with van der Waals surface area (Å²) < 4.78 is 0. The van der Waals surface area contributed by atoms with E-state index in [1.165, 1.54) is 25.7 Å². The Labute approximate surface area is 102 Å². The van der Waals surface area contributed by atoms with Crippen LogP contribution >= 0.6 is 15.9 Å². The number of halogens is 1. The molecule has 3 heteroatoms. The van der Waals surface area contributed by atoms with E-state index in [4.69, 9.17) is 0 Å². The topological polar surface area (TPSA) is 20.3 Å². The summed E-state index contributed by atoms with van der Waals surface area (Å²) in [4.78, 5) is 14.4. The molecule has 0 spiro atoms. The highest BCUT2D eigenvalue weighted by Crippen LogP contribution is 2.18. The zero-order valence-electron chi connectivity index (χ0n) is 9.67. The summed E-state index contributed by atoms with van der Waals surface area (Å²) in [5, 5.41) is 0. The van der Waals surface area contributed by atoms with Crippen molar-refractivity contribution in [1.82, 2.24) is 4.90 Å². The Balaban J connectivity index is 2.15. The van der Waals surface area contributed by atoms with Crippen LogP contribution in [0.4, 0.5) is 0 Å². The molecule has 1 aliphatic heterocycles. The van der Waals surface area contributed by atoms with Crippen LogP contribution in [0.2, 0.25) is 0 Å². The van der Waals surface area contributed by atoms with Gasteiger partial charge in [0.1, 0.15) is 0 Å². The van der Waals surface area contributed by atoms with Crippen LogP contribution in [0.5, 0.6) is 0 Å². The Kier molecular flexibility index (Phi) is 6.30. The van der Waals surface area contributed by atoms with Gasteiger partial charge in [-0.25, -0.2) is 0 Å². The molecule has 0 aromatic rings. The molecule has 1 atom stereocenters. The smallest absolute Gasteiger partial charge is 0.222 e. The fourth-order valence-electron chi connectivity index (χ4n) is 2.01. The van der Waals surface area contributed by atoms with Gasteiger partial charge in [-0.05, 0) is 19.3 Å². The van der Waals surface area contributed by atoms with E-state index in [0.29, 0.717) is 10.7 Å². The van der Waals surface area contributed by atoms with Crippen molar-refractivity contribution in [2.24, 2.45) is 0 Å². The number of alkyl halides is 1. The number of amides is 1. The zero-order valence-corrected chi connectivity index (χ0v) is 11.3. The Hall–Kier alpha value is -0.0500. The molecule has 0 aromatic carbocycles. The van der Waals surface area contributed by atoms with Crippen molar-refractivity contribution < 1.29 is 4.79 Å². The lowest BCUT2D eigenvalue weighted by Crippen LogP contribution is -2.40. The van der Waals surface area contributed by atoms with Crippen molar-refractivity contribution in [3.63, 3.8) is 0 Å². The maximum Gasteiger partial charge on any atom is 0.222 e. The highest BCUT2D eigenvalue weighted by atomic mass is 79.9. The second-order valence-corrected chi connectivity index (χ2v) is 5.68. The van der Waals surface area contributed by atoms with Gasteiger partial charge in [-0.1, -0.05) is 42.1 Å². The van der Waals surface area contributed by atoms with E-state index >= 15 is 0 Å². The van der Waals surface area contributed by atoms with E-state index in [0.717, 1.165) is 32.4 Å². The average Bonchev–Trinajstić information content (AvgIpc) is 2.24. The third-order valence-electron chi connectivity index (χ3n) is 2.96. The maximum atomic E-state index is 11.8. The van der Waals surface area contributed by atoms with E-state index in [1.54, 1.807) is 0 Å². The minimum atomic E-state index is 0.357. The molecule has 1 aliphatic rings. The second-order valence-electron chi connectivity index (χ2n) is 4.39. The predicted octanol–water partition coefficient (Wildman–Crippen LogP) is 3.34. The maximum absolute atomic E-state index is 11.8. The Morgan fingerprint density at radius 1 is 1.40 bits per heavy atom. The van der Waals surface area contributed by atoms with E-state index in [2.05, 4.69) is 22.9 Å². The summed E-state index contributed by atoms with van der Waals surface area (Å²) >= 11 is 3.60. The lowest BCUT2D eigenvalue weighted by Gasteiger charge is -2.30. The standard InChI is InChI=1S/C12H22BrNO/c1-2-3-4-5-8-12(15)14-9-6-7-11(13)10-14/h11H,2-10H2,1H3. The highest BCUT2D eigenvalue weighted by molar-refractivity contribution is 9.09. The van der Waals surface area contributed by atoms with Crippen LogP contribution in [-0.2, 0) is 4.79 Å². The van der Waals surface area contributed by atoms with Gasteiger partial charge in [-0.3, -0.25) is 4.79 Å². The summed E-state index contributed by atoms with van der Waals surface area (Å²) in [6.07, 6.45) is 7.87. The van der Waals surface area contributed by atoms with Crippen molar-refractivity contribution in [3.05, 3.63) is 0 Å². The van der Waals surface area contributed by atoms with Gasteiger partial charge in [0.05, 0.1) is 0 Å². The molecule has 0 N–H and O–H groups in total. The first kappa shape index (κ1) is 13.0. The molecule has 1 saturated heterocycles. The molecule has 1 heterocycles. The summed E-state index contributed by atoms with van der Waals surface area (Å²) in [7, 11) is 0. The fourth-order valence-corrected chi connectivity index (χ4v) is 2.69. The molecule has 1 unspecified atom stereocenters. The van der Waals surface area contributed by atoms with Gasteiger partial charge >= 0.3 is 0 Å². The highest BCUT2D eigenvalue weighted by Gasteiger charge is 2.20. The SMILES string of the molecule is CCCCCCC(=O)N1CCCC(Br)C1. The lowest BCUT2D eigenvalue weighted by atomic mass is 10.1. The fraction of sp³-hybridized carbons (Fsp3) is 0.917. The van der Waals surface area contributed by atoms with Crippen molar-refractivity contribution in [2.45, 2.75) is 56.7 Å². The molecule has 2 nitrogen and oxygen atoms in total. The number of unbranched alkanes of at least 4 members (excludes halogenated alkanes) is 3. The summed E-state index contributed by atoms with van der Waals surface area (Å²) in [5.41, 5.74) is 0. The minimum Gasteiger partial charge on any atom is -0.342 e. The summed E-state index contributed by atoms with van der Waals surface area (Å²) in [6, 6.07) is 0. The molecule has 0 aromatic heterocycles. The van der Waals surface area contributed by atoms with Crippen LogP contribution in [0, 0.1) is 0 Å². The third-order valence-corrected chi connectivity index (χ3v) is 3.71. The number of piperidine rings is 1. The monoisotopic (exact) mass is 275 g/mol. The molecular formula is C12H22BrNO. The van der Waals surface area contributed by atoms with E-state index in [-0.39, 0.29) is 0 Å². The van der Waals surface area contributed by atoms with Crippen molar-refractivity contribution in [2.75, 3.05) is 13.1 Å². The molecule has 1 rings (SSSR count). The first-order valence-electron chi connectivity index (χ1n) is 6.16. The van der Waals surface area contributed by atoms with Crippen LogP contribution in [0.25, 0.3) is 0 Å². The number of hydrogen-bond acceptors (Lipinski definition) is 1. The van der Waals surface area contributed by atoms with Gasteiger partial charge in [0.2, 0.25) is 5.91 Å². The zero-order chi connectivity index (χ0) is 11.1. The normalized spacial score (nSPS) is 21.7. The Morgan fingerprint density at radius 2 is 2.20 bits per heavy atom. The van der Waals surface area contributed by atoms with Gasteiger partial charge in [-0.2, -0.15) is 0 Å². The number of hydrogen-bond donors (Lipinski definition) is 0. The molecule has 15 heavy (non-hydrogen) atoms. The quantitative estimate of drug-likeness (QED) is 0.557.